The molecule has 19 heavy (non-hydrogen) atoms. The van der Waals surface area contributed by atoms with E-state index in [1.54, 1.807) is 25.4 Å². The van der Waals surface area contributed by atoms with Crippen LogP contribution in [0.1, 0.15) is 30.1 Å². The highest BCUT2D eigenvalue weighted by Gasteiger charge is 2.16. The second-order valence-corrected chi connectivity index (χ2v) is 5.06. The maximum Gasteiger partial charge on any atom is 0.251 e. The van der Waals surface area contributed by atoms with E-state index >= 15 is 0 Å². The lowest BCUT2D eigenvalue weighted by Crippen LogP contribution is -2.41. The largest absolute Gasteiger partial charge is 0.373 e. The highest BCUT2D eigenvalue weighted by molar-refractivity contribution is 5.94. The first-order valence-corrected chi connectivity index (χ1v) is 6.86. The third-order valence-electron chi connectivity index (χ3n) is 3.39. The Kier molecular flexibility index (Phi) is 4.74. The third-order valence-corrected chi connectivity index (χ3v) is 3.39. The first-order valence-electron chi connectivity index (χ1n) is 6.86. The van der Waals surface area contributed by atoms with E-state index in [1.165, 1.54) is 12.8 Å². The summed E-state index contributed by atoms with van der Waals surface area (Å²) < 4.78 is 0. The lowest BCUT2D eigenvalue weighted by atomic mass is 10.2. The lowest BCUT2D eigenvalue weighted by molar-refractivity contribution is 0.0932. The lowest BCUT2D eigenvalue weighted by Gasteiger charge is -2.21. The van der Waals surface area contributed by atoms with Crippen LogP contribution >= 0.6 is 0 Å². The number of likely N-dealkylation sites (tertiary alicyclic amines) is 1. The SMILES string of the molecule is CNc1cc(C(=O)NC(C)CN2CCCC2)ccn1. The van der Waals surface area contributed by atoms with Gasteiger partial charge in [-0.25, -0.2) is 4.98 Å². The van der Waals surface area contributed by atoms with Gasteiger partial charge in [0.1, 0.15) is 5.82 Å². The molecule has 0 saturated carbocycles. The highest BCUT2D eigenvalue weighted by Crippen LogP contribution is 2.09. The number of carbonyl (C=O) groups excluding carboxylic acids is 1. The summed E-state index contributed by atoms with van der Waals surface area (Å²) >= 11 is 0. The molecule has 1 saturated heterocycles. The minimum atomic E-state index is -0.0365. The van der Waals surface area contributed by atoms with Crippen LogP contribution in [0.15, 0.2) is 18.3 Å². The topological polar surface area (TPSA) is 57.3 Å². The average Bonchev–Trinajstić information content (AvgIpc) is 2.91. The van der Waals surface area contributed by atoms with Gasteiger partial charge in [0.05, 0.1) is 0 Å². The Morgan fingerprint density at radius 2 is 2.21 bits per heavy atom. The van der Waals surface area contributed by atoms with Crippen LogP contribution in [0.5, 0.6) is 0 Å². The van der Waals surface area contributed by atoms with E-state index in [9.17, 15) is 4.79 Å². The van der Waals surface area contributed by atoms with Crippen molar-refractivity contribution >= 4 is 11.7 Å². The van der Waals surface area contributed by atoms with Gasteiger partial charge in [-0.3, -0.25) is 4.79 Å². The van der Waals surface area contributed by atoms with Crippen molar-refractivity contribution in [2.45, 2.75) is 25.8 Å². The first kappa shape index (κ1) is 13.8. The quantitative estimate of drug-likeness (QED) is 0.840. The van der Waals surface area contributed by atoms with E-state index in [-0.39, 0.29) is 11.9 Å². The predicted octanol–water partition coefficient (Wildman–Crippen LogP) is 1.34. The first-order chi connectivity index (χ1) is 9.19. The maximum atomic E-state index is 12.1. The maximum absolute atomic E-state index is 12.1. The second kappa shape index (κ2) is 6.52. The van der Waals surface area contributed by atoms with Gasteiger partial charge in [0.2, 0.25) is 0 Å². The Labute approximate surface area is 114 Å². The average molecular weight is 262 g/mol. The zero-order valence-electron chi connectivity index (χ0n) is 11.6. The molecule has 2 heterocycles. The van der Waals surface area contributed by atoms with Gasteiger partial charge in [-0.2, -0.15) is 0 Å². The van der Waals surface area contributed by atoms with Crippen molar-refractivity contribution in [2.24, 2.45) is 0 Å². The summed E-state index contributed by atoms with van der Waals surface area (Å²) in [5.41, 5.74) is 0.646. The summed E-state index contributed by atoms with van der Waals surface area (Å²) in [6, 6.07) is 3.66. The molecule has 1 aliphatic heterocycles. The number of hydrogen-bond acceptors (Lipinski definition) is 4. The predicted molar refractivity (Wildman–Crippen MR) is 76.4 cm³/mol. The number of rotatable bonds is 5. The molecular weight excluding hydrogens is 240 g/mol. The summed E-state index contributed by atoms with van der Waals surface area (Å²) in [5, 5.41) is 5.97. The summed E-state index contributed by atoms with van der Waals surface area (Å²) in [4.78, 5) is 18.6. The van der Waals surface area contributed by atoms with Crippen molar-refractivity contribution in [3.8, 4) is 0 Å². The monoisotopic (exact) mass is 262 g/mol. The molecule has 1 aromatic rings. The molecule has 1 unspecified atom stereocenters. The third kappa shape index (κ3) is 3.92. The highest BCUT2D eigenvalue weighted by atomic mass is 16.1. The number of hydrogen-bond donors (Lipinski definition) is 2. The minimum Gasteiger partial charge on any atom is -0.373 e. The van der Waals surface area contributed by atoms with Gasteiger partial charge in [-0.05, 0) is 45.0 Å². The summed E-state index contributed by atoms with van der Waals surface area (Å²) in [6.45, 7) is 5.28. The molecule has 1 fully saturated rings. The number of carbonyl (C=O) groups is 1. The van der Waals surface area contributed by atoms with Crippen molar-refractivity contribution in [3.63, 3.8) is 0 Å². The molecule has 1 aromatic heterocycles. The van der Waals surface area contributed by atoms with Crippen LogP contribution in [0.2, 0.25) is 0 Å². The molecule has 1 amide bonds. The zero-order valence-corrected chi connectivity index (χ0v) is 11.6. The number of pyridine rings is 1. The molecule has 5 heteroatoms. The standard InChI is InChI=1S/C14H22N4O/c1-11(10-18-7-3-4-8-18)17-14(19)12-5-6-16-13(9-12)15-2/h5-6,9,11H,3-4,7-8,10H2,1-2H3,(H,15,16)(H,17,19). The zero-order chi connectivity index (χ0) is 13.7. The van der Waals surface area contributed by atoms with Crippen molar-refractivity contribution in [1.29, 1.82) is 0 Å². The van der Waals surface area contributed by atoms with E-state index in [1.807, 2.05) is 0 Å². The molecule has 1 aliphatic rings. The Morgan fingerprint density at radius 3 is 2.89 bits per heavy atom. The van der Waals surface area contributed by atoms with E-state index in [0.717, 1.165) is 19.6 Å². The van der Waals surface area contributed by atoms with Crippen molar-refractivity contribution in [2.75, 3.05) is 32.0 Å². The van der Waals surface area contributed by atoms with Crippen molar-refractivity contribution in [1.82, 2.24) is 15.2 Å². The van der Waals surface area contributed by atoms with Crippen LogP contribution in [0.25, 0.3) is 0 Å². The molecule has 5 nitrogen and oxygen atoms in total. The van der Waals surface area contributed by atoms with Crippen LogP contribution in [-0.4, -0.2) is 48.5 Å². The molecule has 2 rings (SSSR count). The van der Waals surface area contributed by atoms with Crippen molar-refractivity contribution in [3.05, 3.63) is 23.9 Å². The van der Waals surface area contributed by atoms with E-state index in [2.05, 4.69) is 27.4 Å². The number of anilines is 1. The molecular formula is C14H22N4O. The van der Waals surface area contributed by atoms with Crippen LogP contribution in [-0.2, 0) is 0 Å². The smallest absolute Gasteiger partial charge is 0.251 e. The van der Waals surface area contributed by atoms with E-state index in [4.69, 9.17) is 0 Å². The Balaban J connectivity index is 1.88. The van der Waals surface area contributed by atoms with Crippen LogP contribution < -0.4 is 10.6 Å². The molecule has 0 aliphatic carbocycles. The second-order valence-electron chi connectivity index (χ2n) is 5.06. The number of nitrogens with zero attached hydrogens (tertiary/aromatic N) is 2. The fraction of sp³-hybridized carbons (Fsp3) is 0.571. The molecule has 0 radical (unpaired) electrons. The number of nitrogens with one attached hydrogen (secondary N) is 2. The van der Waals surface area contributed by atoms with Crippen LogP contribution in [0, 0.1) is 0 Å². The fourth-order valence-electron chi connectivity index (χ4n) is 2.41. The molecule has 0 aromatic carbocycles. The Hall–Kier alpha value is -1.62. The van der Waals surface area contributed by atoms with Crippen LogP contribution in [0.4, 0.5) is 5.82 Å². The summed E-state index contributed by atoms with van der Waals surface area (Å²) in [6.07, 6.45) is 4.19. The minimum absolute atomic E-state index is 0.0365. The number of aromatic nitrogens is 1. The molecule has 104 valence electrons. The van der Waals surface area contributed by atoms with Gasteiger partial charge in [-0.1, -0.05) is 0 Å². The van der Waals surface area contributed by atoms with E-state index < -0.39 is 0 Å². The normalized spacial score (nSPS) is 17.2. The van der Waals surface area contributed by atoms with Gasteiger partial charge in [-0.15, -0.1) is 0 Å². The van der Waals surface area contributed by atoms with Gasteiger partial charge < -0.3 is 15.5 Å². The summed E-state index contributed by atoms with van der Waals surface area (Å²) in [5.74, 6) is 0.672. The van der Waals surface area contributed by atoms with E-state index in [0.29, 0.717) is 11.4 Å². The van der Waals surface area contributed by atoms with Gasteiger partial charge in [0, 0.05) is 31.4 Å². The van der Waals surface area contributed by atoms with Gasteiger partial charge >= 0.3 is 0 Å². The Bertz CT molecular complexity index is 429. The van der Waals surface area contributed by atoms with Gasteiger partial charge in [0.15, 0.2) is 0 Å². The fourth-order valence-corrected chi connectivity index (χ4v) is 2.41. The number of amides is 1. The molecule has 0 spiro atoms. The van der Waals surface area contributed by atoms with Crippen LogP contribution in [0.3, 0.4) is 0 Å². The molecule has 0 bridgehead atoms. The summed E-state index contributed by atoms with van der Waals surface area (Å²) in [7, 11) is 1.79. The molecule has 2 N–H and O–H groups in total. The molecule has 1 atom stereocenters. The van der Waals surface area contributed by atoms with Gasteiger partial charge in [0.25, 0.3) is 5.91 Å². The Morgan fingerprint density at radius 1 is 1.47 bits per heavy atom. The van der Waals surface area contributed by atoms with Crippen molar-refractivity contribution < 1.29 is 4.79 Å².